The molecular weight excluding hydrogens is 342 g/mol. The Hall–Kier alpha value is -3.59. The minimum absolute atomic E-state index is 0.0147. The second kappa shape index (κ2) is 8.68. The van der Waals surface area contributed by atoms with E-state index in [1.807, 2.05) is 30.3 Å². The van der Waals surface area contributed by atoms with E-state index in [9.17, 15) is 9.59 Å². The van der Waals surface area contributed by atoms with Gasteiger partial charge in [-0.1, -0.05) is 12.1 Å². The van der Waals surface area contributed by atoms with Gasteiger partial charge in [-0.05, 0) is 54.5 Å². The molecule has 27 heavy (non-hydrogen) atoms. The fourth-order valence-corrected chi connectivity index (χ4v) is 2.79. The van der Waals surface area contributed by atoms with E-state index in [0.29, 0.717) is 17.9 Å². The molecule has 1 N–H and O–H groups in total. The van der Waals surface area contributed by atoms with Gasteiger partial charge in [-0.3, -0.25) is 9.59 Å². The minimum Gasteiger partial charge on any atom is -0.479 e. The molecule has 1 saturated heterocycles. The van der Waals surface area contributed by atoms with Crippen molar-refractivity contribution >= 4 is 29.3 Å². The maximum atomic E-state index is 12.0. The van der Waals surface area contributed by atoms with Gasteiger partial charge in [-0.25, -0.2) is 0 Å². The van der Waals surface area contributed by atoms with E-state index < -0.39 is 0 Å². The fourth-order valence-electron chi connectivity index (χ4n) is 2.79. The van der Waals surface area contributed by atoms with Gasteiger partial charge in [0.15, 0.2) is 6.61 Å². The van der Waals surface area contributed by atoms with Crippen molar-refractivity contribution in [2.75, 3.05) is 23.4 Å². The average molecular weight is 361 g/mol. The largest absolute Gasteiger partial charge is 0.479 e. The Morgan fingerprint density at radius 1 is 1.19 bits per heavy atom. The Balaban J connectivity index is 1.55. The lowest BCUT2D eigenvalue weighted by atomic mass is 10.2. The Morgan fingerprint density at radius 3 is 2.56 bits per heavy atom. The molecule has 3 rings (SSSR count). The normalized spacial score (nSPS) is 13.6. The van der Waals surface area contributed by atoms with Gasteiger partial charge in [0.2, 0.25) is 11.8 Å². The monoisotopic (exact) mass is 361 g/mol. The van der Waals surface area contributed by atoms with Crippen molar-refractivity contribution in [3.8, 4) is 11.8 Å². The quantitative estimate of drug-likeness (QED) is 0.800. The Labute approximate surface area is 157 Å². The predicted octanol–water partition coefficient (Wildman–Crippen LogP) is 3.37. The number of rotatable bonds is 6. The van der Waals surface area contributed by atoms with Crippen molar-refractivity contribution < 1.29 is 14.3 Å². The van der Waals surface area contributed by atoms with Crippen LogP contribution in [0.3, 0.4) is 0 Å². The van der Waals surface area contributed by atoms with Crippen molar-refractivity contribution in [2.24, 2.45) is 0 Å². The predicted molar refractivity (Wildman–Crippen MR) is 103 cm³/mol. The number of nitrogens with zero attached hydrogens (tertiary/aromatic N) is 2. The molecule has 0 unspecified atom stereocenters. The molecule has 0 aromatic heterocycles. The molecule has 0 spiro atoms. The summed E-state index contributed by atoms with van der Waals surface area (Å²) in [5.74, 6) is 0.475. The second-order valence-corrected chi connectivity index (χ2v) is 6.03. The summed E-state index contributed by atoms with van der Waals surface area (Å²) in [7, 11) is 0. The number of carbonyl (C=O) groups is 2. The van der Waals surface area contributed by atoms with E-state index in [4.69, 9.17) is 10.00 Å². The molecule has 0 bridgehead atoms. The van der Waals surface area contributed by atoms with Crippen LogP contribution in [-0.4, -0.2) is 25.0 Å². The SMILES string of the molecule is N#CCOc1ccc(NC(=O)/C=C/c2ccc(N3CCCC3=O)cc2)cc1. The fraction of sp³-hybridized carbons (Fsp3) is 0.190. The third kappa shape index (κ3) is 4.95. The molecule has 6 heteroatoms. The standard InChI is InChI=1S/C21H19N3O3/c22-13-15-27-19-10-6-17(7-11-19)23-20(25)12-5-16-3-8-18(9-4-16)24-14-1-2-21(24)26/h3-12H,1-2,14-15H2,(H,23,25)/b12-5+. The van der Waals surface area contributed by atoms with E-state index in [1.165, 1.54) is 6.08 Å². The smallest absolute Gasteiger partial charge is 0.248 e. The van der Waals surface area contributed by atoms with Crippen LogP contribution in [-0.2, 0) is 9.59 Å². The summed E-state index contributed by atoms with van der Waals surface area (Å²) in [6, 6.07) is 16.2. The van der Waals surface area contributed by atoms with Crippen LogP contribution in [0.1, 0.15) is 18.4 Å². The van der Waals surface area contributed by atoms with Crippen molar-refractivity contribution in [3.05, 3.63) is 60.2 Å². The first-order chi connectivity index (χ1) is 13.2. The van der Waals surface area contributed by atoms with Crippen molar-refractivity contribution in [3.63, 3.8) is 0 Å². The summed E-state index contributed by atoms with van der Waals surface area (Å²) in [5.41, 5.74) is 2.40. The summed E-state index contributed by atoms with van der Waals surface area (Å²) in [5, 5.41) is 11.2. The van der Waals surface area contributed by atoms with Crippen LogP contribution in [0.2, 0.25) is 0 Å². The maximum Gasteiger partial charge on any atom is 0.248 e. The summed E-state index contributed by atoms with van der Waals surface area (Å²) >= 11 is 0. The first-order valence-electron chi connectivity index (χ1n) is 8.65. The number of nitrogens with one attached hydrogen (secondary N) is 1. The first-order valence-corrected chi connectivity index (χ1v) is 8.65. The lowest BCUT2D eigenvalue weighted by Gasteiger charge is -2.15. The van der Waals surface area contributed by atoms with E-state index in [1.54, 1.807) is 35.2 Å². The zero-order valence-electron chi connectivity index (χ0n) is 14.7. The summed E-state index contributed by atoms with van der Waals surface area (Å²) in [6.45, 7) is 0.746. The molecule has 2 amide bonds. The molecular formula is C21H19N3O3. The molecule has 1 aliphatic rings. The van der Waals surface area contributed by atoms with Crippen LogP contribution >= 0.6 is 0 Å². The van der Waals surface area contributed by atoms with Gasteiger partial charge in [-0.15, -0.1) is 0 Å². The molecule has 1 fully saturated rings. The molecule has 2 aromatic carbocycles. The number of carbonyl (C=O) groups excluding carboxylic acids is 2. The lowest BCUT2D eigenvalue weighted by Crippen LogP contribution is -2.23. The Kier molecular flexibility index (Phi) is 5.85. The number of hydrogen-bond donors (Lipinski definition) is 1. The van der Waals surface area contributed by atoms with E-state index in [2.05, 4.69) is 5.32 Å². The van der Waals surface area contributed by atoms with Gasteiger partial charge in [0.25, 0.3) is 0 Å². The van der Waals surface area contributed by atoms with E-state index in [-0.39, 0.29) is 18.4 Å². The number of amides is 2. The van der Waals surface area contributed by atoms with Gasteiger partial charge >= 0.3 is 0 Å². The highest BCUT2D eigenvalue weighted by molar-refractivity contribution is 6.02. The molecule has 136 valence electrons. The van der Waals surface area contributed by atoms with Gasteiger partial charge < -0.3 is 15.0 Å². The summed E-state index contributed by atoms with van der Waals surface area (Å²) in [6.07, 6.45) is 4.67. The van der Waals surface area contributed by atoms with Crippen LogP contribution in [0, 0.1) is 11.3 Å². The second-order valence-electron chi connectivity index (χ2n) is 6.03. The molecule has 2 aromatic rings. The summed E-state index contributed by atoms with van der Waals surface area (Å²) in [4.78, 5) is 25.6. The van der Waals surface area contributed by atoms with E-state index >= 15 is 0 Å². The van der Waals surface area contributed by atoms with Crippen LogP contribution < -0.4 is 15.0 Å². The van der Waals surface area contributed by atoms with Crippen LogP contribution in [0.25, 0.3) is 6.08 Å². The molecule has 0 radical (unpaired) electrons. The number of hydrogen-bond acceptors (Lipinski definition) is 4. The lowest BCUT2D eigenvalue weighted by molar-refractivity contribution is -0.117. The van der Waals surface area contributed by atoms with Gasteiger partial charge in [0.05, 0.1) is 0 Å². The van der Waals surface area contributed by atoms with Crippen molar-refractivity contribution in [2.45, 2.75) is 12.8 Å². The average Bonchev–Trinajstić information content (AvgIpc) is 3.12. The Morgan fingerprint density at radius 2 is 1.93 bits per heavy atom. The first kappa shape index (κ1) is 18.2. The van der Waals surface area contributed by atoms with Crippen molar-refractivity contribution in [1.82, 2.24) is 0 Å². The number of anilines is 2. The van der Waals surface area contributed by atoms with Crippen LogP contribution in [0.5, 0.6) is 5.75 Å². The van der Waals surface area contributed by atoms with Gasteiger partial charge in [0.1, 0.15) is 11.8 Å². The highest BCUT2D eigenvalue weighted by atomic mass is 16.5. The molecule has 1 heterocycles. The molecule has 0 saturated carbocycles. The highest BCUT2D eigenvalue weighted by Crippen LogP contribution is 2.22. The maximum absolute atomic E-state index is 12.0. The molecule has 1 aliphatic heterocycles. The van der Waals surface area contributed by atoms with Crippen LogP contribution in [0.4, 0.5) is 11.4 Å². The van der Waals surface area contributed by atoms with Crippen LogP contribution in [0.15, 0.2) is 54.6 Å². The number of ether oxygens (including phenoxy) is 1. The highest BCUT2D eigenvalue weighted by Gasteiger charge is 2.21. The third-order valence-electron chi connectivity index (χ3n) is 4.13. The van der Waals surface area contributed by atoms with Crippen molar-refractivity contribution in [1.29, 1.82) is 5.26 Å². The summed E-state index contributed by atoms with van der Waals surface area (Å²) < 4.78 is 5.16. The number of nitriles is 1. The molecule has 0 atom stereocenters. The Bertz CT molecular complexity index is 880. The zero-order valence-corrected chi connectivity index (χ0v) is 14.7. The minimum atomic E-state index is -0.250. The van der Waals surface area contributed by atoms with E-state index in [0.717, 1.165) is 24.2 Å². The zero-order chi connectivity index (χ0) is 19.1. The number of benzene rings is 2. The molecule has 6 nitrogen and oxygen atoms in total. The van der Waals surface area contributed by atoms with Gasteiger partial charge in [0, 0.05) is 30.4 Å². The topological polar surface area (TPSA) is 82.4 Å². The molecule has 0 aliphatic carbocycles. The third-order valence-corrected chi connectivity index (χ3v) is 4.13. The van der Waals surface area contributed by atoms with Gasteiger partial charge in [-0.2, -0.15) is 5.26 Å².